The summed E-state index contributed by atoms with van der Waals surface area (Å²) in [5, 5.41) is 0.956. The Bertz CT molecular complexity index is 683. The second kappa shape index (κ2) is 6.37. The number of ether oxygens (including phenoxy) is 1. The number of aromatic nitrogens is 2. The Morgan fingerprint density at radius 2 is 2.00 bits per heavy atom. The number of hydrogen-bond acceptors (Lipinski definition) is 6. The number of anilines is 1. The third-order valence-corrected chi connectivity index (χ3v) is 4.82. The summed E-state index contributed by atoms with van der Waals surface area (Å²) in [5.41, 5.74) is 0.907. The molecule has 1 amide bonds. The maximum absolute atomic E-state index is 11.9. The van der Waals surface area contributed by atoms with Gasteiger partial charge < -0.3 is 14.5 Å². The van der Waals surface area contributed by atoms with Gasteiger partial charge in [-0.25, -0.2) is 14.8 Å². The van der Waals surface area contributed by atoms with Crippen LogP contribution in [0.5, 0.6) is 0 Å². The quantitative estimate of drug-likeness (QED) is 0.744. The van der Waals surface area contributed by atoms with Crippen molar-refractivity contribution in [3.63, 3.8) is 0 Å². The number of rotatable bonds is 2. The highest BCUT2D eigenvalue weighted by atomic mass is 79.9. The molecule has 0 aliphatic carbocycles. The molecule has 0 bridgehead atoms. The number of piperazine rings is 1. The molecule has 0 saturated carbocycles. The van der Waals surface area contributed by atoms with Crippen LogP contribution in [0, 0.1) is 0 Å². The highest BCUT2D eigenvalue weighted by Gasteiger charge is 2.24. The normalized spacial score (nSPS) is 15.6. The van der Waals surface area contributed by atoms with Crippen LogP contribution in [-0.2, 0) is 4.74 Å². The Balaban J connectivity index is 1.66. The molecule has 0 spiro atoms. The molecular weight excluding hydrogens is 368 g/mol. The lowest BCUT2D eigenvalue weighted by atomic mass is 10.3. The molecule has 1 aliphatic heterocycles. The van der Waals surface area contributed by atoms with Gasteiger partial charge in [0.25, 0.3) is 0 Å². The second-order valence-corrected chi connectivity index (χ2v) is 7.13. The van der Waals surface area contributed by atoms with Crippen LogP contribution < -0.4 is 4.90 Å². The number of thiazole rings is 1. The number of carbonyl (C=O) groups is 1. The maximum atomic E-state index is 11.9. The zero-order valence-electron chi connectivity index (χ0n) is 12.5. The lowest BCUT2D eigenvalue weighted by molar-refractivity contribution is 0.0751. The first-order valence-electron chi connectivity index (χ1n) is 7.16. The van der Waals surface area contributed by atoms with E-state index in [0.717, 1.165) is 33.2 Å². The Morgan fingerprint density at radius 1 is 1.27 bits per heavy atom. The lowest BCUT2D eigenvalue weighted by Crippen LogP contribution is -2.49. The molecule has 0 N–H and O–H groups in total. The van der Waals surface area contributed by atoms with Crippen LogP contribution in [0.2, 0.25) is 0 Å². The van der Waals surface area contributed by atoms with E-state index in [1.807, 2.05) is 26.0 Å². The van der Waals surface area contributed by atoms with E-state index in [9.17, 15) is 4.79 Å². The topological polar surface area (TPSA) is 58.6 Å². The number of pyridine rings is 1. The highest BCUT2D eigenvalue weighted by molar-refractivity contribution is 9.10. The van der Waals surface area contributed by atoms with Crippen molar-refractivity contribution in [1.82, 2.24) is 14.9 Å². The minimum absolute atomic E-state index is 0.0840. The number of halogens is 1. The van der Waals surface area contributed by atoms with Gasteiger partial charge in [-0.3, -0.25) is 0 Å². The first-order chi connectivity index (χ1) is 10.5. The van der Waals surface area contributed by atoms with Gasteiger partial charge in [0.05, 0.1) is 6.10 Å². The van der Waals surface area contributed by atoms with Gasteiger partial charge in [0.1, 0.15) is 15.0 Å². The second-order valence-electron chi connectivity index (χ2n) is 5.36. The van der Waals surface area contributed by atoms with Crippen molar-refractivity contribution < 1.29 is 9.53 Å². The summed E-state index contributed by atoms with van der Waals surface area (Å²) in [4.78, 5) is 25.8. The van der Waals surface area contributed by atoms with E-state index in [-0.39, 0.29) is 12.2 Å². The first-order valence-corrected chi connectivity index (χ1v) is 8.77. The molecule has 0 atom stereocenters. The van der Waals surface area contributed by atoms with Crippen LogP contribution in [0.25, 0.3) is 10.3 Å². The molecule has 0 radical (unpaired) electrons. The molecule has 1 fully saturated rings. The van der Waals surface area contributed by atoms with Gasteiger partial charge in [-0.1, -0.05) is 11.3 Å². The summed E-state index contributed by atoms with van der Waals surface area (Å²) in [6, 6.07) is 3.86. The number of nitrogens with zero attached hydrogens (tertiary/aromatic N) is 4. The average Bonchev–Trinajstić information content (AvgIpc) is 2.89. The fourth-order valence-corrected chi connectivity index (χ4v) is 3.69. The third kappa shape index (κ3) is 3.33. The zero-order chi connectivity index (χ0) is 15.7. The van der Waals surface area contributed by atoms with Gasteiger partial charge in [0.2, 0.25) is 0 Å². The Labute approximate surface area is 141 Å². The number of hydrogen-bond donors (Lipinski definition) is 0. The summed E-state index contributed by atoms with van der Waals surface area (Å²) in [6.45, 7) is 6.54. The van der Waals surface area contributed by atoms with Crippen LogP contribution in [0.4, 0.5) is 9.93 Å². The molecule has 0 aromatic carbocycles. The molecule has 22 heavy (non-hydrogen) atoms. The van der Waals surface area contributed by atoms with Gasteiger partial charge >= 0.3 is 6.09 Å². The Kier molecular flexibility index (Phi) is 4.49. The predicted molar refractivity (Wildman–Crippen MR) is 90.5 cm³/mol. The predicted octanol–water partition coefficient (Wildman–Crippen LogP) is 3.12. The Morgan fingerprint density at radius 3 is 2.68 bits per heavy atom. The van der Waals surface area contributed by atoms with E-state index >= 15 is 0 Å². The summed E-state index contributed by atoms with van der Waals surface area (Å²) in [7, 11) is 0. The van der Waals surface area contributed by atoms with Crippen molar-refractivity contribution in [2.45, 2.75) is 20.0 Å². The van der Waals surface area contributed by atoms with Crippen LogP contribution in [0.15, 0.2) is 16.7 Å². The largest absolute Gasteiger partial charge is 0.447 e. The third-order valence-electron chi connectivity index (χ3n) is 3.36. The lowest BCUT2D eigenvalue weighted by Gasteiger charge is -2.34. The smallest absolute Gasteiger partial charge is 0.410 e. The fraction of sp³-hybridized carbons (Fsp3) is 0.500. The van der Waals surface area contributed by atoms with Crippen molar-refractivity contribution in [1.29, 1.82) is 0 Å². The van der Waals surface area contributed by atoms with Crippen molar-refractivity contribution in [3.8, 4) is 0 Å². The summed E-state index contributed by atoms with van der Waals surface area (Å²) < 4.78 is 6.05. The van der Waals surface area contributed by atoms with Crippen molar-refractivity contribution in [3.05, 3.63) is 16.7 Å². The SMILES string of the molecule is CC(C)OC(=O)N1CCN(c2nc3ccc(Br)nc3s2)CC1. The molecule has 1 aliphatic rings. The summed E-state index contributed by atoms with van der Waals surface area (Å²) >= 11 is 4.95. The van der Waals surface area contributed by atoms with E-state index in [1.54, 1.807) is 16.2 Å². The summed E-state index contributed by atoms with van der Waals surface area (Å²) in [6.07, 6.45) is -0.316. The number of amides is 1. The van der Waals surface area contributed by atoms with E-state index < -0.39 is 0 Å². The van der Waals surface area contributed by atoms with Gasteiger partial charge in [0.15, 0.2) is 5.13 Å². The molecule has 118 valence electrons. The molecule has 2 aromatic rings. The molecule has 3 heterocycles. The first kappa shape index (κ1) is 15.5. The number of fused-ring (bicyclic) bond motifs is 1. The van der Waals surface area contributed by atoms with Crippen molar-refractivity contribution in [2.24, 2.45) is 0 Å². The monoisotopic (exact) mass is 384 g/mol. The Hall–Kier alpha value is -1.41. The molecular formula is C14H17BrN4O2S. The van der Waals surface area contributed by atoms with Gasteiger partial charge in [-0.15, -0.1) is 0 Å². The number of carbonyl (C=O) groups excluding carboxylic acids is 1. The van der Waals surface area contributed by atoms with Crippen molar-refractivity contribution in [2.75, 3.05) is 31.1 Å². The van der Waals surface area contributed by atoms with E-state index in [0.29, 0.717) is 13.1 Å². The van der Waals surface area contributed by atoms with Crippen molar-refractivity contribution >= 4 is 48.8 Å². The molecule has 2 aromatic heterocycles. The molecule has 6 nitrogen and oxygen atoms in total. The van der Waals surface area contributed by atoms with E-state index in [2.05, 4.69) is 30.8 Å². The average molecular weight is 385 g/mol. The molecule has 8 heteroatoms. The maximum Gasteiger partial charge on any atom is 0.410 e. The standard InChI is InChI=1S/C14H17BrN4O2S/c1-9(2)21-14(20)19-7-5-18(6-8-19)13-16-10-3-4-11(15)17-12(10)22-13/h3-4,9H,5-8H2,1-2H3. The van der Waals surface area contributed by atoms with E-state index in [1.165, 1.54) is 0 Å². The minimum Gasteiger partial charge on any atom is -0.447 e. The summed E-state index contributed by atoms with van der Waals surface area (Å²) in [5.74, 6) is 0. The van der Waals surface area contributed by atoms with Crippen LogP contribution >= 0.6 is 27.3 Å². The molecule has 1 saturated heterocycles. The molecule has 3 rings (SSSR count). The van der Waals surface area contributed by atoms with Crippen LogP contribution in [-0.4, -0.2) is 53.2 Å². The van der Waals surface area contributed by atoms with Crippen LogP contribution in [0.1, 0.15) is 13.8 Å². The molecule has 0 unspecified atom stereocenters. The zero-order valence-corrected chi connectivity index (χ0v) is 14.9. The minimum atomic E-state index is -0.232. The van der Waals surface area contributed by atoms with Crippen LogP contribution in [0.3, 0.4) is 0 Å². The van der Waals surface area contributed by atoms with Gasteiger partial charge in [-0.05, 0) is 41.9 Å². The van der Waals surface area contributed by atoms with Gasteiger partial charge in [0, 0.05) is 26.2 Å². The fourth-order valence-electron chi connectivity index (χ4n) is 2.27. The van der Waals surface area contributed by atoms with E-state index in [4.69, 9.17) is 4.74 Å². The highest BCUT2D eigenvalue weighted by Crippen LogP contribution is 2.29. The van der Waals surface area contributed by atoms with Gasteiger partial charge in [-0.2, -0.15) is 0 Å².